The maximum Gasteiger partial charge on any atom is 0.223 e. The maximum absolute atomic E-state index is 5.66. The van der Waals surface area contributed by atoms with E-state index in [4.69, 9.17) is 11.6 Å². The minimum atomic E-state index is 0.258. The Morgan fingerprint density at radius 3 is 3.06 bits per heavy atom. The van der Waals surface area contributed by atoms with Gasteiger partial charge in [-0.15, -0.1) is 0 Å². The standard InChI is InChI=1S/C11H20N6/c1-2-8-4-3-5-17(7-8)10-6-9(16-13)14-11(12)15-10/h6,8H,2-5,7,13H2,1H3,(H3,12,14,15,16). The van der Waals surface area contributed by atoms with Crippen molar-refractivity contribution in [2.75, 3.05) is 29.1 Å². The van der Waals surface area contributed by atoms with Crippen LogP contribution in [0, 0.1) is 5.92 Å². The van der Waals surface area contributed by atoms with Crippen LogP contribution in [0.15, 0.2) is 6.07 Å². The van der Waals surface area contributed by atoms with Crippen molar-refractivity contribution in [3.05, 3.63) is 6.07 Å². The van der Waals surface area contributed by atoms with Gasteiger partial charge in [-0.25, -0.2) is 5.84 Å². The minimum absolute atomic E-state index is 0.258. The van der Waals surface area contributed by atoms with Crippen LogP contribution < -0.4 is 21.9 Å². The molecule has 1 unspecified atom stereocenters. The molecule has 6 heteroatoms. The molecule has 94 valence electrons. The summed E-state index contributed by atoms with van der Waals surface area (Å²) in [6, 6.07) is 1.84. The second kappa shape index (κ2) is 5.18. The van der Waals surface area contributed by atoms with Crippen molar-refractivity contribution < 1.29 is 0 Å². The van der Waals surface area contributed by atoms with Crippen molar-refractivity contribution in [3.63, 3.8) is 0 Å². The fraction of sp³-hybridized carbons (Fsp3) is 0.636. The first kappa shape index (κ1) is 11.9. The second-order valence-electron chi connectivity index (χ2n) is 4.48. The van der Waals surface area contributed by atoms with E-state index in [0.29, 0.717) is 5.82 Å². The third kappa shape index (κ3) is 2.76. The molecule has 0 aliphatic carbocycles. The molecule has 0 aromatic carbocycles. The van der Waals surface area contributed by atoms with Crippen LogP contribution in [0.5, 0.6) is 0 Å². The molecule has 1 atom stereocenters. The highest BCUT2D eigenvalue weighted by atomic mass is 15.3. The van der Waals surface area contributed by atoms with E-state index in [1.165, 1.54) is 19.3 Å². The number of aromatic nitrogens is 2. The third-order valence-electron chi connectivity index (χ3n) is 3.30. The molecule has 0 saturated carbocycles. The highest BCUT2D eigenvalue weighted by Gasteiger charge is 2.20. The summed E-state index contributed by atoms with van der Waals surface area (Å²) < 4.78 is 0. The summed E-state index contributed by atoms with van der Waals surface area (Å²) in [5.74, 6) is 7.78. The van der Waals surface area contributed by atoms with Gasteiger partial charge >= 0.3 is 0 Å². The fourth-order valence-electron chi connectivity index (χ4n) is 2.29. The van der Waals surface area contributed by atoms with Gasteiger partial charge in [-0.1, -0.05) is 13.3 Å². The number of nitrogens with one attached hydrogen (secondary N) is 1. The number of piperidine rings is 1. The van der Waals surface area contributed by atoms with Gasteiger partial charge in [0, 0.05) is 19.2 Å². The van der Waals surface area contributed by atoms with E-state index in [-0.39, 0.29) is 5.95 Å². The Balaban J connectivity index is 2.18. The lowest BCUT2D eigenvalue weighted by molar-refractivity contribution is 0.403. The lowest BCUT2D eigenvalue weighted by Gasteiger charge is -2.33. The smallest absolute Gasteiger partial charge is 0.223 e. The van der Waals surface area contributed by atoms with E-state index in [9.17, 15) is 0 Å². The molecule has 5 N–H and O–H groups in total. The Morgan fingerprint density at radius 1 is 1.53 bits per heavy atom. The molecule has 0 bridgehead atoms. The van der Waals surface area contributed by atoms with Crippen molar-refractivity contribution in [1.82, 2.24) is 9.97 Å². The van der Waals surface area contributed by atoms with Gasteiger partial charge in [-0.3, -0.25) is 0 Å². The molecule has 2 heterocycles. The summed E-state index contributed by atoms with van der Waals surface area (Å²) in [4.78, 5) is 10.5. The summed E-state index contributed by atoms with van der Waals surface area (Å²) in [7, 11) is 0. The molecule has 0 radical (unpaired) electrons. The monoisotopic (exact) mass is 236 g/mol. The van der Waals surface area contributed by atoms with Crippen molar-refractivity contribution in [1.29, 1.82) is 0 Å². The first-order valence-electron chi connectivity index (χ1n) is 6.09. The number of rotatable bonds is 3. The molecular weight excluding hydrogens is 216 g/mol. The van der Waals surface area contributed by atoms with Crippen LogP contribution in [0.4, 0.5) is 17.6 Å². The average molecular weight is 236 g/mol. The van der Waals surface area contributed by atoms with Gasteiger partial charge in [0.25, 0.3) is 0 Å². The number of hydrogen-bond acceptors (Lipinski definition) is 6. The first-order valence-corrected chi connectivity index (χ1v) is 6.09. The number of hydrazine groups is 1. The van der Waals surface area contributed by atoms with Crippen LogP contribution >= 0.6 is 0 Å². The third-order valence-corrected chi connectivity index (χ3v) is 3.30. The van der Waals surface area contributed by atoms with Crippen LogP contribution in [0.3, 0.4) is 0 Å². The van der Waals surface area contributed by atoms with Crippen LogP contribution in [0.2, 0.25) is 0 Å². The van der Waals surface area contributed by atoms with E-state index in [1.54, 1.807) is 0 Å². The molecule has 1 aliphatic rings. The molecule has 1 saturated heterocycles. The van der Waals surface area contributed by atoms with E-state index in [2.05, 4.69) is 27.2 Å². The van der Waals surface area contributed by atoms with Crippen molar-refractivity contribution in [2.45, 2.75) is 26.2 Å². The predicted molar refractivity (Wildman–Crippen MR) is 69.5 cm³/mol. The van der Waals surface area contributed by atoms with Gasteiger partial charge in [0.15, 0.2) is 0 Å². The normalized spacial score (nSPS) is 20.4. The maximum atomic E-state index is 5.66. The predicted octanol–water partition coefficient (Wildman–Crippen LogP) is 0.971. The number of nitrogens with two attached hydrogens (primary N) is 2. The molecule has 1 aromatic heterocycles. The van der Waals surface area contributed by atoms with E-state index < -0.39 is 0 Å². The minimum Gasteiger partial charge on any atom is -0.368 e. The lowest BCUT2D eigenvalue weighted by atomic mass is 9.96. The summed E-state index contributed by atoms with van der Waals surface area (Å²) in [6.45, 7) is 4.29. The Bertz CT molecular complexity index is 380. The zero-order chi connectivity index (χ0) is 12.3. The lowest BCUT2D eigenvalue weighted by Crippen LogP contribution is -2.36. The van der Waals surface area contributed by atoms with Gasteiger partial charge in [-0.2, -0.15) is 9.97 Å². The zero-order valence-corrected chi connectivity index (χ0v) is 10.2. The zero-order valence-electron chi connectivity index (χ0n) is 10.2. The Labute approximate surface area is 101 Å². The van der Waals surface area contributed by atoms with E-state index in [1.807, 2.05) is 6.07 Å². The number of hydrogen-bond donors (Lipinski definition) is 3. The van der Waals surface area contributed by atoms with Gasteiger partial charge in [-0.05, 0) is 18.8 Å². The second-order valence-corrected chi connectivity index (χ2v) is 4.48. The van der Waals surface area contributed by atoms with Crippen molar-refractivity contribution in [3.8, 4) is 0 Å². The van der Waals surface area contributed by atoms with Gasteiger partial charge in [0.05, 0.1) is 0 Å². The summed E-state index contributed by atoms with van der Waals surface area (Å²) in [5.41, 5.74) is 8.18. The molecule has 1 aromatic rings. The van der Waals surface area contributed by atoms with Gasteiger partial charge in [0.1, 0.15) is 11.6 Å². The molecule has 17 heavy (non-hydrogen) atoms. The largest absolute Gasteiger partial charge is 0.368 e. The number of nitrogen functional groups attached to an aromatic ring is 2. The Morgan fingerprint density at radius 2 is 2.35 bits per heavy atom. The fourth-order valence-corrected chi connectivity index (χ4v) is 2.29. The van der Waals surface area contributed by atoms with Crippen LogP contribution in [0.1, 0.15) is 26.2 Å². The summed E-state index contributed by atoms with van der Waals surface area (Å²) in [6.07, 6.45) is 3.71. The molecule has 6 nitrogen and oxygen atoms in total. The van der Waals surface area contributed by atoms with Gasteiger partial charge in [0.2, 0.25) is 5.95 Å². The molecule has 1 aliphatic heterocycles. The Kier molecular flexibility index (Phi) is 3.63. The van der Waals surface area contributed by atoms with E-state index >= 15 is 0 Å². The van der Waals surface area contributed by atoms with Crippen molar-refractivity contribution >= 4 is 17.6 Å². The van der Waals surface area contributed by atoms with Crippen LogP contribution in [-0.2, 0) is 0 Å². The summed E-state index contributed by atoms with van der Waals surface area (Å²) in [5, 5.41) is 0. The topological polar surface area (TPSA) is 93.1 Å². The molecule has 2 rings (SSSR count). The van der Waals surface area contributed by atoms with Gasteiger partial charge < -0.3 is 16.1 Å². The summed E-state index contributed by atoms with van der Waals surface area (Å²) >= 11 is 0. The highest BCUT2D eigenvalue weighted by Crippen LogP contribution is 2.25. The average Bonchev–Trinajstić information content (AvgIpc) is 2.38. The Hall–Kier alpha value is -1.56. The first-order chi connectivity index (χ1) is 8.22. The van der Waals surface area contributed by atoms with E-state index in [0.717, 1.165) is 24.8 Å². The molecule has 0 amide bonds. The number of nitrogens with zero attached hydrogens (tertiary/aromatic N) is 3. The highest BCUT2D eigenvalue weighted by molar-refractivity contribution is 5.52. The van der Waals surface area contributed by atoms with Crippen LogP contribution in [0.25, 0.3) is 0 Å². The van der Waals surface area contributed by atoms with Crippen LogP contribution in [-0.4, -0.2) is 23.1 Å². The molecular formula is C11H20N6. The molecule has 1 fully saturated rings. The van der Waals surface area contributed by atoms with Crippen molar-refractivity contribution in [2.24, 2.45) is 11.8 Å². The molecule has 0 spiro atoms. The number of anilines is 3. The SMILES string of the molecule is CCC1CCCN(c2cc(NN)nc(N)n2)C1. The quantitative estimate of drug-likeness (QED) is 0.535.